The molecule has 0 spiro atoms. The van der Waals surface area contributed by atoms with Gasteiger partial charge in [0.15, 0.2) is 15.4 Å². The molecule has 8 heteroatoms. The van der Waals surface area contributed by atoms with Crippen molar-refractivity contribution in [3.05, 3.63) is 64.2 Å². The molecule has 1 aliphatic rings. The Morgan fingerprint density at radius 1 is 1.07 bits per heavy atom. The maximum atomic E-state index is 14.3. The molecule has 0 bridgehead atoms. The summed E-state index contributed by atoms with van der Waals surface area (Å²) >= 11 is 6.07. The number of Topliss-reactive ketones (excluding diaryl/α,β-unsaturated/α-hetero) is 1. The molecule has 142 valence electrons. The van der Waals surface area contributed by atoms with Gasteiger partial charge < -0.3 is 4.74 Å². The summed E-state index contributed by atoms with van der Waals surface area (Å²) in [5.74, 6) is -2.00. The number of ether oxygens (including phenoxy) is 1. The minimum Gasteiger partial charge on any atom is -0.478 e. The number of carbonyl (C=O) groups excluding carboxylic acids is 1. The Morgan fingerprint density at radius 2 is 1.74 bits per heavy atom. The van der Waals surface area contributed by atoms with E-state index in [1.165, 1.54) is 32.0 Å². The van der Waals surface area contributed by atoms with Crippen LogP contribution in [0.5, 0.6) is 0 Å². The van der Waals surface area contributed by atoms with Crippen LogP contribution in [-0.4, -0.2) is 26.1 Å². The second-order valence-corrected chi connectivity index (χ2v) is 9.08. The topological polar surface area (TPSA) is 60.4 Å². The molecule has 27 heavy (non-hydrogen) atoms. The van der Waals surface area contributed by atoms with Crippen molar-refractivity contribution < 1.29 is 26.7 Å². The van der Waals surface area contributed by atoms with Crippen molar-refractivity contribution in [1.29, 1.82) is 0 Å². The van der Waals surface area contributed by atoms with E-state index in [1.807, 2.05) is 0 Å². The van der Waals surface area contributed by atoms with Crippen molar-refractivity contribution in [2.45, 2.75) is 24.3 Å². The van der Waals surface area contributed by atoms with E-state index >= 15 is 0 Å². The van der Waals surface area contributed by atoms with E-state index in [0.29, 0.717) is 0 Å². The maximum absolute atomic E-state index is 14.3. The first-order valence-electron chi connectivity index (χ1n) is 7.85. The van der Waals surface area contributed by atoms with Gasteiger partial charge in [0.25, 0.3) is 0 Å². The van der Waals surface area contributed by atoms with Crippen molar-refractivity contribution in [1.82, 2.24) is 0 Å². The highest BCUT2D eigenvalue weighted by molar-refractivity contribution is 7.90. The number of hydrogen-bond acceptors (Lipinski definition) is 4. The van der Waals surface area contributed by atoms with Gasteiger partial charge in [0.2, 0.25) is 5.78 Å². The van der Waals surface area contributed by atoms with Crippen LogP contribution in [0.2, 0.25) is 5.02 Å². The van der Waals surface area contributed by atoms with E-state index in [2.05, 4.69) is 0 Å². The predicted octanol–water partition coefficient (Wildman–Crippen LogP) is 4.27. The number of carbonyl (C=O) groups is 1. The van der Waals surface area contributed by atoms with Gasteiger partial charge in [-0.3, -0.25) is 4.79 Å². The summed E-state index contributed by atoms with van der Waals surface area (Å²) in [6.45, 7) is 3.01. The van der Waals surface area contributed by atoms with Gasteiger partial charge in [-0.25, -0.2) is 17.2 Å². The van der Waals surface area contributed by atoms with E-state index in [-0.39, 0.29) is 32.4 Å². The Labute approximate surface area is 160 Å². The lowest BCUT2D eigenvalue weighted by atomic mass is 9.92. The summed E-state index contributed by atoms with van der Waals surface area (Å²) in [6.07, 6.45) is 1.01. The molecule has 0 aliphatic carbocycles. The van der Waals surface area contributed by atoms with Gasteiger partial charge in [-0.05, 0) is 50.2 Å². The quantitative estimate of drug-likeness (QED) is 0.755. The number of sulfone groups is 1. The summed E-state index contributed by atoms with van der Waals surface area (Å²) in [4.78, 5) is 12.7. The van der Waals surface area contributed by atoms with E-state index < -0.39 is 32.9 Å². The zero-order valence-corrected chi connectivity index (χ0v) is 16.2. The number of rotatable bonds is 3. The van der Waals surface area contributed by atoms with E-state index in [1.54, 1.807) is 0 Å². The largest absolute Gasteiger partial charge is 0.478 e. The van der Waals surface area contributed by atoms with Crippen LogP contribution in [0.4, 0.5) is 8.78 Å². The van der Waals surface area contributed by atoms with Gasteiger partial charge in [0.1, 0.15) is 17.4 Å². The third-order valence-electron chi connectivity index (χ3n) is 4.15. The molecule has 2 aromatic carbocycles. The van der Waals surface area contributed by atoms with Gasteiger partial charge >= 0.3 is 0 Å². The molecule has 3 rings (SSSR count). The highest BCUT2D eigenvalue weighted by Crippen LogP contribution is 2.43. The fraction of sp³-hybridized carbons (Fsp3) is 0.211. The summed E-state index contributed by atoms with van der Waals surface area (Å²) < 4.78 is 57.2. The molecule has 1 heterocycles. The molecular formula is C19H15ClF2O4S. The fourth-order valence-corrected chi connectivity index (χ4v) is 4.17. The van der Waals surface area contributed by atoms with Gasteiger partial charge in [-0.1, -0.05) is 11.6 Å². The normalized spacial score (nSPS) is 16.6. The highest BCUT2D eigenvalue weighted by Gasteiger charge is 2.43. The number of hydrogen-bond donors (Lipinski definition) is 0. The molecule has 1 aliphatic heterocycles. The van der Waals surface area contributed by atoms with Crippen LogP contribution >= 0.6 is 11.6 Å². The number of benzene rings is 2. The van der Waals surface area contributed by atoms with E-state index in [4.69, 9.17) is 16.3 Å². The van der Waals surface area contributed by atoms with Crippen molar-refractivity contribution in [3.63, 3.8) is 0 Å². The molecule has 0 aromatic heterocycles. The fourth-order valence-electron chi connectivity index (χ4n) is 2.84. The van der Waals surface area contributed by atoms with Gasteiger partial charge in [-0.2, -0.15) is 0 Å². The lowest BCUT2D eigenvalue weighted by Gasteiger charge is -2.18. The van der Waals surface area contributed by atoms with E-state index in [9.17, 15) is 22.0 Å². The Balaban J connectivity index is 2.27. The van der Waals surface area contributed by atoms with Crippen LogP contribution in [0.15, 0.2) is 41.3 Å². The van der Waals surface area contributed by atoms with Gasteiger partial charge in [0, 0.05) is 17.4 Å². The van der Waals surface area contributed by atoms with E-state index in [0.717, 1.165) is 24.5 Å². The Morgan fingerprint density at radius 3 is 2.33 bits per heavy atom. The van der Waals surface area contributed by atoms with Crippen LogP contribution < -0.4 is 0 Å². The zero-order valence-electron chi connectivity index (χ0n) is 14.6. The summed E-state index contributed by atoms with van der Waals surface area (Å²) in [5.41, 5.74) is -1.38. The lowest BCUT2D eigenvalue weighted by molar-refractivity contribution is -0.125. The standard InChI is InChI=1S/C19H15ClF2O4S/c1-19(2)18(23)16(12-9-11(21)5-6-14(12)22)17(26-19)10-4-7-15(13(20)8-10)27(3,24)25/h4-9H,1-3H3. The minimum atomic E-state index is -3.55. The molecule has 0 N–H and O–H groups in total. The molecule has 0 amide bonds. The van der Waals surface area contributed by atoms with Crippen LogP contribution in [0.1, 0.15) is 25.0 Å². The number of halogens is 3. The third kappa shape index (κ3) is 3.49. The highest BCUT2D eigenvalue weighted by atomic mass is 35.5. The summed E-state index contributed by atoms with van der Waals surface area (Å²) in [5, 5.41) is -0.0673. The van der Waals surface area contributed by atoms with Crippen molar-refractivity contribution >= 4 is 38.6 Å². The first kappa shape index (κ1) is 19.5. The van der Waals surface area contributed by atoms with Crippen molar-refractivity contribution in [2.75, 3.05) is 6.26 Å². The summed E-state index contributed by atoms with van der Waals surface area (Å²) in [6, 6.07) is 6.79. The SMILES string of the molecule is CC1(C)OC(c2ccc(S(C)(=O)=O)c(Cl)c2)=C(c2cc(F)ccc2F)C1=O. The minimum absolute atomic E-state index is 0.0106. The van der Waals surface area contributed by atoms with Gasteiger partial charge in [0.05, 0.1) is 15.5 Å². The molecule has 0 saturated carbocycles. The zero-order chi connectivity index (χ0) is 20.1. The molecule has 2 aromatic rings. The first-order chi connectivity index (χ1) is 12.4. The monoisotopic (exact) mass is 412 g/mol. The van der Waals surface area contributed by atoms with Crippen molar-refractivity contribution in [2.24, 2.45) is 0 Å². The Hall–Kier alpha value is -2.25. The second-order valence-electron chi connectivity index (χ2n) is 6.69. The van der Waals surface area contributed by atoms with Gasteiger partial charge in [-0.15, -0.1) is 0 Å². The van der Waals surface area contributed by atoms with Crippen LogP contribution in [0.25, 0.3) is 11.3 Å². The summed E-state index contributed by atoms with van der Waals surface area (Å²) in [7, 11) is -3.55. The van der Waals surface area contributed by atoms with Crippen LogP contribution in [-0.2, 0) is 19.4 Å². The molecule has 0 atom stereocenters. The predicted molar refractivity (Wildman–Crippen MR) is 97.9 cm³/mol. The lowest BCUT2D eigenvalue weighted by Crippen LogP contribution is -2.29. The Kier molecular flexibility index (Phi) is 4.64. The van der Waals surface area contributed by atoms with Crippen LogP contribution in [0, 0.1) is 11.6 Å². The average molecular weight is 413 g/mol. The maximum Gasteiger partial charge on any atom is 0.210 e. The molecular weight excluding hydrogens is 398 g/mol. The molecule has 0 fully saturated rings. The average Bonchev–Trinajstić information content (AvgIpc) is 2.79. The number of ketones is 1. The molecule has 0 saturated heterocycles. The van der Waals surface area contributed by atoms with Crippen LogP contribution in [0.3, 0.4) is 0 Å². The van der Waals surface area contributed by atoms with Crippen molar-refractivity contribution in [3.8, 4) is 0 Å². The first-order valence-corrected chi connectivity index (χ1v) is 10.1. The third-order valence-corrected chi connectivity index (χ3v) is 5.73. The molecule has 0 radical (unpaired) electrons. The smallest absolute Gasteiger partial charge is 0.210 e. The Bertz CT molecular complexity index is 1100. The molecule has 0 unspecified atom stereocenters. The molecule has 4 nitrogen and oxygen atoms in total. The second kappa shape index (κ2) is 6.42.